The van der Waals surface area contributed by atoms with Gasteiger partial charge in [0.15, 0.2) is 5.13 Å². The molecule has 0 saturated carbocycles. The molecule has 1 aromatic heterocycles. The molecule has 0 aliphatic heterocycles. The van der Waals surface area contributed by atoms with Crippen LogP contribution < -0.4 is 16.8 Å². The molecule has 0 aliphatic rings. The predicted molar refractivity (Wildman–Crippen MR) is 79.4 cm³/mol. The molecule has 0 fully saturated rings. The van der Waals surface area contributed by atoms with Crippen molar-refractivity contribution in [1.29, 1.82) is 0 Å². The molecule has 0 spiro atoms. The van der Waals surface area contributed by atoms with E-state index in [1.54, 1.807) is 24.3 Å². The van der Waals surface area contributed by atoms with Crippen molar-refractivity contribution in [2.45, 2.75) is 19.8 Å². The average molecular weight is 276 g/mol. The summed E-state index contributed by atoms with van der Waals surface area (Å²) in [5.74, 6) is -0.0501. The SMILES string of the molecule is CC(C)c1nc(NC(=O)c2ccccc2N)sc1N. The van der Waals surface area contributed by atoms with Crippen molar-refractivity contribution in [2.24, 2.45) is 0 Å². The van der Waals surface area contributed by atoms with Crippen LogP contribution in [-0.2, 0) is 0 Å². The quantitative estimate of drug-likeness (QED) is 0.751. The molecular formula is C13H16N4OS. The Morgan fingerprint density at radius 2 is 2.00 bits per heavy atom. The molecule has 0 unspecified atom stereocenters. The van der Waals surface area contributed by atoms with Crippen molar-refractivity contribution in [3.05, 3.63) is 35.5 Å². The molecule has 5 N–H and O–H groups in total. The predicted octanol–water partition coefficient (Wildman–Crippen LogP) is 2.68. The number of anilines is 3. The summed E-state index contributed by atoms with van der Waals surface area (Å²) in [4.78, 5) is 16.4. The zero-order chi connectivity index (χ0) is 14.0. The van der Waals surface area contributed by atoms with Crippen LogP contribution in [0.25, 0.3) is 0 Å². The molecule has 1 amide bonds. The maximum Gasteiger partial charge on any atom is 0.259 e. The maximum atomic E-state index is 12.1. The van der Waals surface area contributed by atoms with Crippen LogP contribution in [0.5, 0.6) is 0 Å². The lowest BCUT2D eigenvalue weighted by atomic mass is 10.1. The second kappa shape index (κ2) is 5.27. The lowest BCUT2D eigenvalue weighted by molar-refractivity contribution is 0.102. The van der Waals surface area contributed by atoms with E-state index in [1.165, 1.54) is 11.3 Å². The van der Waals surface area contributed by atoms with E-state index in [1.807, 2.05) is 13.8 Å². The van der Waals surface area contributed by atoms with Crippen LogP contribution in [-0.4, -0.2) is 10.9 Å². The van der Waals surface area contributed by atoms with Gasteiger partial charge in [0.05, 0.1) is 11.3 Å². The molecule has 1 aromatic carbocycles. The zero-order valence-electron chi connectivity index (χ0n) is 10.8. The summed E-state index contributed by atoms with van der Waals surface area (Å²) in [6.07, 6.45) is 0. The number of thiazole rings is 1. The van der Waals surface area contributed by atoms with Gasteiger partial charge in [0.25, 0.3) is 5.91 Å². The highest BCUT2D eigenvalue weighted by Crippen LogP contribution is 2.30. The van der Waals surface area contributed by atoms with Gasteiger partial charge < -0.3 is 11.5 Å². The molecule has 0 bridgehead atoms. The Bertz CT molecular complexity index is 606. The fourth-order valence-electron chi connectivity index (χ4n) is 1.68. The number of benzene rings is 1. The van der Waals surface area contributed by atoms with Gasteiger partial charge in [-0.25, -0.2) is 4.98 Å². The second-order valence-corrected chi connectivity index (χ2v) is 5.50. The molecule has 0 saturated heterocycles. The fourth-order valence-corrected chi connectivity index (χ4v) is 2.56. The molecule has 19 heavy (non-hydrogen) atoms. The Hall–Kier alpha value is -2.08. The first-order valence-corrected chi connectivity index (χ1v) is 6.72. The fraction of sp³-hybridized carbons (Fsp3) is 0.231. The standard InChI is InChI=1S/C13H16N4OS/c1-7(2)10-11(15)19-13(16-10)17-12(18)8-5-3-4-6-9(8)14/h3-7H,14-15H2,1-2H3,(H,16,17,18). The smallest absolute Gasteiger partial charge is 0.259 e. The summed E-state index contributed by atoms with van der Waals surface area (Å²) in [6.45, 7) is 4.01. The number of amides is 1. The van der Waals surface area contributed by atoms with Gasteiger partial charge in [-0.1, -0.05) is 37.3 Å². The van der Waals surface area contributed by atoms with Gasteiger partial charge in [-0.3, -0.25) is 10.1 Å². The third-order valence-corrected chi connectivity index (χ3v) is 3.47. The second-order valence-electron chi connectivity index (χ2n) is 4.46. The highest BCUT2D eigenvalue weighted by molar-refractivity contribution is 7.19. The first-order chi connectivity index (χ1) is 8.99. The molecule has 5 nitrogen and oxygen atoms in total. The summed E-state index contributed by atoms with van der Waals surface area (Å²) in [7, 11) is 0. The Labute approximate surface area is 115 Å². The third kappa shape index (κ3) is 2.85. The van der Waals surface area contributed by atoms with E-state index in [0.29, 0.717) is 21.4 Å². The normalized spacial score (nSPS) is 10.7. The number of carbonyl (C=O) groups is 1. The topological polar surface area (TPSA) is 94.0 Å². The van der Waals surface area contributed by atoms with E-state index in [4.69, 9.17) is 11.5 Å². The monoisotopic (exact) mass is 276 g/mol. The van der Waals surface area contributed by atoms with Crippen LogP contribution in [0.4, 0.5) is 15.8 Å². The molecule has 100 valence electrons. The molecule has 2 rings (SSSR count). The van der Waals surface area contributed by atoms with Crippen molar-refractivity contribution in [1.82, 2.24) is 4.98 Å². The Morgan fingerprint density at radius 1 is 1.32 bits per heavy atom. The van der Waals surface area contributed by atoms with Crippen molar-refractivity contribution in [2.75, 3.05) is 16.8 Å². The van der Waals surface area contributed by atoms with Crippen LogP contribution in [0.2, 0.25) is 0 Å². The summed E-state index contributed by atoms with van der Waals surface area (Å²) >= 11 is 1.27. The van der Waals surface area contributed by atoms with Gasteiger partial charge in [0, 0.05) is 5.69 Å². The Balaban J connectivity index is 2.20. The highest BCUT2D eigenvalue weighted by atomic mass is 32.1. The van der Waals surface area contributed by atoms with Gasteiger partial charge in [-0.2, -0.15) is 0 Å². The maximum absolute atomic E-state index is 12.1. The molecule has 0 aliphatic carbocycles. The number of carbonyl (C=O) groups excluding carboxylic acids is 1. The third-order valence-electron chi connectivity index (χ3n) is 2.65. The van der Waals surface area contributed by atoms with E-state index >= 15 is 0 Å². The largest absolute Gasteiger partial charge is 0.398 e. The van der Waals surface area contributed by atoms with Crippen molar-refractivity contribution in [3.8, 4) is 0 Å². The van der Waals surface area contributed by atoms with E-state index in [9.17, 15) is 4.79 Å². The average Bonchev–Trinajstić information content (AvgIpc) is 2.70. The van der Waals surface area contributed by atoms with Crippen molar-refractivity contribution in [3.63, 3.8) is 0 Å². The lowest BCUT2D eigenvalue weighted by Gasteiger charge is -2.04. The van der Waals surface area contributed by atoms with Gasteiger partial charge in [-0.15, -0.1) is 0 Å². The molecular weight excluding hydrogens is 260 g/mol. The molecule has 1 heterocycles. The Kier molecular flexibility index (Phi) is 3.71. The minimum Gasteiger partial charge on any atom is -0.398 e. The number of nitrogens with one attached hydrogen (secondary N) is 1. The number of rotatable bonds is 3. The van der Waals surface area contributed by atoms with Gasteiger partial charge in [0.1, 0.15) is 5.00 Å². The Morgan fingerprint density at radius 3 is 2.58 bits per heavy atom. The molecule has 6 heteroatoms. The molecule has 0 radical (unpaired) electrons. The first kappa shape index (κ1) is 13.4. The van der Waals surface area contributed by atoms with E-state index in [2.05, 4.69) is 10.3 Å². The van der Waals surface area contributed by atoms with E-state index in [0.717, 1.165) is 5.69 Å². The molecule has 2 aromatic rings. The number of nitrogen functional groups attached to an aromatic ring is 2. The summed E-state index contributed by atoms with van der Waals surface area (Å²) in [5.41, 5.74) is 13.3. The lowest BCUT2D eigenvalue weighted by Crippen LogP contribution is -2.13. The van der Waals surface area contributed by atoms with Gasteiger partial charge in [0.2, 0.25) is 0 Å². The summed E-state index contributed by atoms with van der Waals surface area (Å²) in [6, 6.07) is 6.90. The van der Waals surface area contributed by atoms with Crippen molar-refractivity contribution >= 4 is 33.1 Å². The first-order valence-electron chi connectivity index (χ1n) is 5.91. The van der Waals surface area contributed by atoms with Crippen LogP contribution in [0.15, 0.2) is 24.3 Å². The number of nitrogens with two attached hydrogens (primary N) is 2. The van der Waals surface area contributed by atoms with E-state index < -0.39 is 0 Å². The van der Waals surface area contributed by atoms with Gasteiger partial charge >= 0.3 is 0 Å². The van der Waals surface area contributed by atoms with Gasteiger partial charge in [-0.05, 0) is 18.1 Å². The zero-order valence-corrected chi connectivity index (χ0v) is 11.6. The number of hydrogen-bond donors (Lipinski definition) is 3. The minimum absolute atomic E-state index is 0.226. The van der Waals surface area contributed by atoms with Crippen LogP contribution in [0.3, 0.4) is 0 Å². The van der Waals surface area contributed by atoms with Crippen LogP contribution in [0.1, 0.15) is 35.8 Å². The number of para-hydroxylation sites is 1. The number of nitrogens with zero attached hydrogens (tertiary/aromatic N) is 1. The summed E-state index contributed by atoms with van der Waals surface area (Å²) in [5, 5.41) is 3.85. The summed E-state index contributed by atoms with van der Waals surface area (Å²) < 4.78 is 0. The molecule has 0 atom stereocenters. The van der Waals surface area contributed by atoms with Crippen LogP contribution >= 0.6 is 11.3 Å². The van der Waals surface area contributed by atoms with Crippen molar-refractivity contribution < 1.29 is 4.79 Å². The number of aromatic nitrogens is 1. The number of hydrogen-bond acceptors (Lipinski definition) is 5. The minimum atomic E-state index is -0.276. The van der Waals surface area contributed by atoms with Crippen LogP contribution in [0, 0.1) is 0 Å². The van der Waals surface area contributed by atoms with E-state index in [-0.39, 0.29) is 11.8 Å². The highest BCUT2D eigenvalue weighted by Gasteiger charge is 2.15.